The predicted molar refractivity (Wildman–Crippen MR) is 68.9 cm³/mol. The molecule has 98 valence electrons. The number of halogens is 1. The van der Waals surface area contributed by atoms with E-state index in [1.807, 2.05) is 7.05 Å². The molecule has 4 heteroatoms. The average molecular weight is 250 g/mol. The van der Waals surface area contributed by atoms with Crippen LogP contribution >= 0.6 is 0 Å². The first-order valence-corrected chi connectivity index (χ1v) is 6.38. The number of nitrogens with one attached hydrogen (secondary N) is 2. The predicted octanol–water partition coefficient (Wildman–Crippen LogP) is 1.58. The standard InChI is InChI=1S/C14H19FN2O/c1-16-9-2-10-17-13(18)14(7-8-14)11-3-5-12(15)6-4-11/h3-6,16H,2,7-10H2,1H3,(H,17,18). The second kappa shape index (κ2) is 5.48. The van der Waals surface area contributed by atoms with Gasteiger partial charge in [0.1, 0.15) is 5.82 Å². The van der Waals surface area contributed by atoms with Crippen molar-refractivity contribution in [3.05, 3.63) is 35.6 Å². The van der Waals surface area contributed by atoms with E-state index in [9.17, 15) is 9.18 Å². The zero-order valence-corrected chi connectivity index (χ0v) is 10.6. The van der Waals surface area contributed by atoms with Gasteiger partial charge in [0.2, 0.25) is 5.91 Å². The van der Waals surface area contributed by atoms with Crippen molar-refractivity contribution in [1.29, 1.82) is 0 Å². The highest BCUT2D eigenvalue weighted by atomic mass is 19.1. The number of carbonyl (C=O) groups is 1. The largest absolute Gasteiger partial charge is 0.355 e. The summed E-state index contributed by atoms with van der Waals surface area (Å²) in [5, 5.41) is 6.00. The molecule has 0 spiro atoms. The van der Waals surface area contributed by atoms with Crippen molar-refractivity contribution in [2.75, 3.05) is 20.1 Å². The van der Waals surface area contributed by atoms with Crippen LogP contribution in [0.4, 0.5) is 4.39 Å². The number of amides is 1. The molecule has 0 aliphatic heterocycles. The molecule has 1 aliphatic rings. The van der Waals surface area contributed by atoms with Crippen LogP contribution in [0.2, 0.25) is 0 Å². The lowest BCUT2D eigenvalue weighted by Gasteiger charge is -2.15. The van der Waals surface area contributed by atoms with Gasteiger partial charge in [0.05, 0.1) is 5.41 Å². The highest BCUT2D eigenvalue weighted by Gasteiger charge is 2.50. The molecule has 0 bridgehead atoms. The Morgan fingerprint density at radius 3 is 2.50 bits per heavy atom. The van der Waals surface area contributed by atoms with Gasteiger partial charge in [0.15, 0.2) is 0 Å². The first-order chi connectivity index (χ1) is 8.69. The number of hydrogen-bond donors (Lipinski definition) is 2. The van der Waals surface area contributed by atoms with Crippen LogP contribution in [0.25, 0.3) is 0 Å². The molecule has 1 aromatic carbocycles. The van der Waals surface area contributed by atoms with Gasteiger partial charge in [0.25, 0.3) is 0 Å². The second-order valence-electron chi connectivity index (χ2n) is 4.80. The number of hydrogen-bond acceptors (Lipinski definition) is 2. The molecule has 1 saturated carbocycles. The van der Waals surface area contributed by atoms with Gasteiger partial charge < -0.3 is 10.6 Å². The van der Waals surface area contributed by atoms with Crippen LogP contribution in [0.3, 0.4) is 0 Å². The first kappa shape index (κ1) is 13.0. The van der Waals surface area contributed by atoms with E-state index >= 15 is 0 Å². The lowest BCUT2D eigenvalue weighted by Crippen LogP contribution is -2.36. The smallest absolute Gasteiger partial charge is 0.230 e. The summed E-state index contributed by atoms with van der Waals surface area (Å²) in [6.45, 7) is 1.58. The van der Waals surface area contributed by atoms with Gasteiger partial charge in [-0.1, -0.05) is 12.1 Å². The van der Waals surface area contributed by atoms with Crippen molar-refractivity contribution in [1.82, 2.24) is 10.6 Å². The van der Waals surface area contributed by atoms with Gasteiger partial charge in [-0.3, -0.25) is 4.79 Å². The Morgan fingerprint density at radius 2 is 1.94 bits per heavy atom. The third-order valence-corrected chi connectivity index (χ3v) is 3.47. The summed E-state index contributed by atoms with van der Waals surface area (Å²) in [5.41, 5.74) is 0.530. The molecule has 0 atom stereocenters. The molecular formula is C14H19FN2O. The van der Waals surface area contributed by atoms with Gasteiger partial charge in [-0.2, -0.15) is 0 Å². The monoisotopic (exact) mass is 250 g/mol. The highest BCUT2D eigenvalue weighted by Crippen LogP contribution is 2.48. The Hall–Kier alpha value is -1.42. The van der Waals surface area contributed by atoms with Crippen molar-refractivity contribution in [2.45, 2.75) is 24.7 Å². The van der Waals surface area contributed by atoms with Crippen LogP contribution in [0.1, 0.15) is 24.8 Å². The molecule has 0 saturated heterocycles. The van der Waals surface area contributed by atoms with E-state index < -0.39 is 5.41 Å². The fourth-order valence-electron chi connectivity index (χ4n) is 2.18. The quantitative estimate of drug-likeness (QED) is 0.753. The minimum atomic E-state index is -0.395. The summed E-state index contributed by atoms with van der Waals surface area (Å²) in [6.07, 6.45) is 2.63. The van der Waals surface area contributed by atoms with E-state index in [1.165, 1.54) is 12.1 Å². The molecule has 1 aliphatic carbocycles. The minimum absolute atomic E-state index is 0.0743. The van der Waals surface area contributed by atoms with E-state index in [4.69, 9.17) is 0 Å². The molecule has 1 amide bonds. The van der Waals surface area contributed by atoms with Crippen LogP contribution < -0.4 is 10.6 Å². The van der Waals surface area contributed by atoms with E-state index in [0.29, 0.717) is 6.54 Å². The summed E-state index contributed by atoms with van der Waals surface area (Å²) in [7, 11) is 1.89. The van der Waals surface area contributed by atoms with Crippen LogP contribution in [0, 0.1) is 5.82 Å². The molecule has 2 N–H and O–H groups in total. The molecule has 0 heterocycles. The normalized spacial score (nSPS) is 16.3. The van der Waals surface area contributed by atoms with Crippen molar-refractivity contribution < 1.29 is 9.18 Å². The summed E-state index contributed by atoms with van der Waals surface area (Å²) in [4.78, 5) is 12.2. The van der Waals surface area contributed by atoms with Gasteiger partial charge >= 0.3 is 0 Å². The van der Waals surface area contributed by atoms with Gasteiger partial charge in [0, 0.05) is 6.54 Å². The first-order valence-electron chi connectivity index (χ1n) is 6.38. The zero-order valence-electron chi connectivity index (χ0n) is 10.6. The average Bonchev–Trinajstić information content (AvgIpc) is 3.17. The molecular weight excluding hydrogens is 231 g/mol. The molecule has 1 aromatic rings. The minimum Gasteiger partial charge on any atom is -0.355 e. The summed E-state index contributed by atoms with van der Waals surface area (Å²) >= 11 is 0. The maximum Gasteiger partial charge on any atom is 0.230 e. The zero-order chi connectivity index (χ0) is 13.0. The number of carbonyl (C=O) groups excluding carboxylic acids is 1. The van der Waals surface area contributed by atoms with Crippen LogP contribution in [0.15, 0.2) is 24.3 Å². The maximum absolute atomic E-state index is 12.9. The lowest BCUT2D eigenvalue weighted by atomic mass is 9.95. The van der Waals surface area contributed by atoms with E-state index in [2.05, 4.69) is 10.6 Å². The number of benzene rings is 1. The highest BCUT2D eigenvalue weighted by molar-refractivity contribution is 5.91. The van der Waals surface area contributed by atoms with E-state index in [0.717, 1.165) is 31.4 Å². The molecule has 2 rings (SSSR count). The van der Waals surface area contributed by atoms with E-state index in [1.54, 1.807) is 12.1 Å². The van der Waals surface area contributed by atoms with Crippen molar-refractivity contribution in [3.63, 3.8) is 0 Å². The van der Waals surface area contributed by atoms with Gasteiger partial charge in [-0.25, -0.2) is 4.39 Å². The molecule has 0 unspecified atom stereocenters. The third kappa shape index (κ3) is 2.70. The van der Waals surface area contributed by atoms with Crippen LogP contribution in [-0.2, 0) is 10.2 Å². The summed E-state index contributed by atoms with van der Waals surface area (Å²) in [5.74, 6) is -0.186. The topological polar surface area (TPSA) is 41.1 Å². The Labute approximate surface area is 107 Å². The fraction of sp³-hybridized carbons (Fsp3) is 0.500. The van der Waals surface area contributed by atoms with Crippen LogP contribution in [0.5, 0.6) is 0 Å². The lowest BCUT2D eigenvalue weighted by molar-refractivity contribution is -0.123. The van der Waals surface area contributed by atoms with Crippen molar-refractivity contribution in [2.24, 2.45) is 0 Å². The molecule has 3 nitrogen and oxygen atoms in total. The summed E-state index contributed by atoms with van der Waals surface area (Å²) in [6, 6.07) is 6.28. The second-order valence-corrected chi connectivity index (χ2v) is 4.80. The van der Waals surface area contributed by atoms with E-state index in [-0.39, 0.29) is 11.7 Å². The molecule has 0 radical (unpaired) electrons. The molecule has 0 aromatic heterocycles. The van der Waals surface area contributed by atoms with Crippen LogP contribution in [-0.4, -0.2) is 26.0 Å². The Kier molecular flexibility index (Phi) is 3.97. The van der Waals surface area contributed by atoms with Crippen molar-refractivity contribution >= 4 is 5.91 Å². The molecule has 18 heavy (non-hydrogen) atoms. The number of rotatable bonds is 6. The Bertz CT molecular complexity index is 412. The SMILES string of the molecule is CNCCCNC(=O)C1(c2ccc(F)cc2)CC1. The fourth-order valence-corrected chi connectivity index (χ4v) is 2.18. The Balaban J connectivity index is 1.94. The van der Waals surface area contributed by atoms with Gasteiger partial charge in [-0.05, 0) is 50.6 Å². The van der Waals surface area contributed by atoms with Crippen molar-refractivity contribution in [3.8, 4) is 0 Å². The molecule has 1 fully saturated rings. The summed E-state index contributed by atoms with van der Waals surface area (Å²) < 4.78 is 12.9. The Morgan fingerprint density at radius 1 is 1.28 bits per heavy atom. The van der Waals surface area contributed by atoms with Gasteiger partial charge in [-0.15, -0.1) is 0 Å². The maximum atomic E-state index is 12.9. The third-order valence-electron chi connectivity index (χ3n) is 3.47.